The summed E-state index contributed by atoms with van der Waals surface area (Å²) < 4.78 is 31.7. The number of carbonyl (C=O) groups is 1. The average Bonchev–Trinajstić information content (AvgIpc) is 2.78. The molecule has 0 aliphatic heterocycles. The van der Waals surface area contributed by atoms with Gasteiger partial charge in [-0.1, -0.05) is 12.1 Å². The van der Waals surface area contributed by atoms with Gasteiger partial charge >= 0.3 is 0 Å². The van der Waals surface area contributed by atoms with E-state index in [9.17, 15) is 13.2 Å². The summed E-state index contributed by atoms with van der Waals surface area (Å²) in [6.45, 7) is 5.89. The van der Waals surface area contributed by atoms with Crippen LogP contribution in [-0.2, 0) is 16.6 Å². The van der Waals surface area contributed by atoms with Crippen molar-refractivity contribution in [1.82, 2.24) is 4.98 Å². The summed E-state index contributed by atoms with van der Waals surface area (Å²) in [7, 11) is -3.35. The van der Waals surface area contributed by atoms with Crippen LogP contribution in [0.5, 0.6) is 5.75 Å². The van der Waals surface area contributed by atoms with E-state index >= 15 is 0 Å². The van der Waals surface area contributed by atoms with E-state index in [1.54, 1.807) is 43.5 Å². The molecular weight excluding hydrogens is 424 g/mol. The number of hydrogen-bond donors (Lipinski definition) is 1. The Morgan fingerprint density at radius 1 is 1.06 bits per heavy atom. The number of carbonyl (C=O) groups excluding carboxylic acids is 1. The second-order valence-corrected chi connectivity index (χ2v) is 9.38. The molecule has 0 unspecified atom stereocenters. The Kier molecular flexibility index (Phi) is 7.43. The van der Waals surface area contributed by atoms with Crippen LogP contribution in [0.2, 0.25) is 0 Å². The molecule has 166 valence electrons. The van der Waals surface area contributed by atoms with Gasteiger partial charge in [-0.3, -0.25) is 14.5 Å². The lowest BCUT2D eigenvalue weighted by atomic mass is 10.0. The van der Waals surface area contributed by atoms with Crippen molar-refractivity contribution in [3.05, 3.63) is 94.8 Å². The minimum absolute atomic E-state index is 0.0117. The molecule has 3 aromatic rings. The molecule has 0 radical (unpaired) electrons. The summed E-state index contributed by atoms with van der Waals surface area (Å²) in [5, 5.41) is 0. The number of benzene rings is 2. The highest BCUT2D eigenvalue weighted by atomic mass is 32.2. The summed E-state index contributed by atoms with van der Waals surface area (Å²) in [6.07, 6.45) is 5.01. The number of pyridine rings is 1. The van der Waals surface area contributed by atoms with E-state index in [-0.39, 0.29) is 11.5 Å². The third kappa shape index (κ3) is 6.28. The second-order valence-electron chi connectivity index (χ2n) is 7.37. The van der Waals surface area contributed by atoms with E-state index in [1.165, 1.54) is 6.08 Å². The van der Waals surface area contributed by atoms with Crippen molar-refractivity contribution in [2.75, 3.05) is 10.5 Å². The van der Waals surface area contributed by atoms with Gasteiger partial charge in [0.25, 0.3) is 0 Å². The maximum Gasteiger partial charge on any atom is 0.232 e. The van der Waals surface area contributed by atoms with E-state index < -0.39 is 10.0 Å². The maximum absolute atomic E-state index is 12.5. The Bertz CT molecular complexity index is 1200. The van der Waals surface area contributed by atoms with Crippen LogP contribution in [0.3, 0.4) is 0 Å². The lowest BCUT2D eigenvalue weighted by Crippen LogP contribution is -2.14. The topological polar surface area (TPSA) is 85.4 Å². The van der Waals surface area contributed by atoms with Crippen LogP contribution in [-0.4, -0.2) is 24.9 Å². The summed E-state index contributed by atoms with van der Waals surface area (Å²) in [6, 6.07) is 16.0. The molecule has 1 heterocycles. The number of sulfonamides is 1. The van der Waals surface area contributed by atoms with Gasteiger partial charge in [-0.2, -0.15) is 0 Å². The number of nitrogens with zero attached hydrogens (tertiary/aromatic N) is 1. The van der Waals surface area contributed by atoms with E-state index in [0.29, 0.717) is 17.9 Å². The van der Waals surface area contributed by atoms with Gasteiger partial charge < -0.3 is 4.74 Å². The van der Waals surface area contributed by atoms with Crippen LogP contribution >= 0.6 is 0 Å². The Morgan fingerprint density at radius 3 is 2.34 bits per heavy atom. The number of anilines is 1. The standard InChI is InChI=1S/C25H26N2O4S/c1-4-32(29,30)27-22-11-9-21(10-12-22)24(28)13-8-20-15-18(2)25(19(3)16-20)31-17-23-7-5-6-14-26-23/h5-16,27H,4,17H2,1-3H3/b13-8+. The second kappa shape index (κ2) is 10.2. The van der Waals surface area contributed by atoms with E-state index in [0.717, 1.165) is 28.1 Å². The fraction of sp³-hybridized carbons (Fsp3) is 0.200. The molecule has 1 aromatic heterocycles. The monoisotopic (exact) mass is 450 g/mol. The van der Waals surface area contributed by atoms with E-state index in [4.69, 9.17) is 4.74 Å². The number of nitrogens with one attached hydrogen (secondary N) is 1. The highest BCUT2D eigenvalue weighted by Gasteiger charge is 2.09. The van der Waals surface area contributed by atoms with Crippen LogP contribution < -0.4 is 9.46 Å². The molecule has 0 saturated carbocycles. The zero-order valence-electron chi connectivity index (χ0n) is 18.3. The number of hydrogen-bond acceptors (Lipinski definition) is 5. The zero-order chi connectivity index (χ0) is 23.1. The van der Waals surface area contributed by atoms with Gasteiger partial charge in [0.1, 0.15) is 12.4 Å². The summed E-state index contributed by atoms with van der Waals surface area (Å²) in [5.41, 5.74) is 4.60. The van der Waals surface area contributed by atoms with Crippen molar-refractivity contribution < 1.29 is 17.9 Å². The number of allylic oxidation sites excluding steroid dienone is 1. The van der Waals surface area contributed by atoms with Gasteiger partial charge in [0.2, 0.25) is 10.0 Å². The third-order valence-electron chi connectivity index (χ3n) is 4.82. The van der Waals surface area contributed by atoms with Crippen molar-refractivity contribution in [2.45, 2.75) is 27.4 Å². The maximum atomic E-state index is 12.5. The molecule has 6 nitrogen and oxygen atoms in total. The summed E-state index contributed by atoms with van der Waals surface area (Å²) in [4.78, 5) is 16.8. The highest BCUT2D eigenvalue weighted by molar-refractivity contribution is 7.92. The first-order valence-corrected chi connectivity index (χ1v) is 11.9. The van der Waals surface area contributed by atoms with Gasteiger partial charge in [-0.25, -0.2) is 8.42 Å². The number of ether oxygens (including phenoxy) is 1. The van der Waals surface area contributed by atoms with Gasteiger partial charge in [-0.15, -0.1) is 0 Å². The molecular formula is C25H26N2O4S. The van der Waals surface area contributed by atoms with Crippen LogP contribution in [0.1, 0.15) is 39.7 Å². The smallest absolute Gasteiger partial charge is 0.232 e. The fourth-order valence-corrected chi connectivity index (χ4v) is 3.80. The average molecular weight is 451 g/mol. The third-order valence-corrected chi connectivity index (χ3v) is 6.13. The molecule has 0 fully saturated rings. The van der Waals surface area contributed by atoms with Crippen molar-refractivity contribution in [3.8, 4) is 5.75 Å². The lowest BCUT2D eigenvalue weighted by molar-refractivity contribution is 0.104. The molecule has 0 atom stereocenters. The quantitative estimate of drug-likeness (QED) is 0.369. The molecule has 7 heteroatoms. The van der Waals surface area contributed by atoms with Crippen molar-refractivity contribution in [1.29, 1.82) is 0 Å². The Labute approximate surface area is 189 Å². The van der Waals surface area contributed by atoms with Crippen LogP contribution in [0.25, 0.3) is 6.08 Å². The number of ketones is 1. The van der Waals surface area contributed by atoms with E-state index in [2.05, 4.69) is 9.71 Å². The molecule has 3 rings (SSSR count). The predicted molar refractivity (Wildman–Crippen MR) is 127 cm³/mol. The van der Waals surface area contributed by atoms with Gasteiger partial charge in [0.15, 0.2) is 5.78 Å². The molecule has 1 N–H and O–H groups in total. The normalized spacial score (nSPS) is 11.5. The van der Waals surface area contributed by atoms with Crippen LogP contribution in [0, 0.1) is 13.8 Å². The van der Waals surface area contributed by atoms with Crippen molar-refractivity contribution >= 4 is 27.6 Å². The molecule has 0 bridgehead atoms. The number of aryl methyl sites for hydroxylation is 2. The van der Waals surface area contributed by atoms with Crippen molar-refractivity contribution in [3.63, 3.8) is 0 Å². The molecule has 0 aliphatic rings. The van der Waals surface area contributed by atoms with Crippen LogP contribution in [0.4, 0.5) is 5.69 Å². The number of rotatable bonds is 9. The Hall–Kier alpha value is -3.45. The zero-order valence-corrected chi connectivity index (χ0v) is 19.1. The van der Waals surface area contributed by atoms with Crippen LogP contribution in [0.15, 0.2) is 66.9 Å². The molecule has 0 saturated heterocycles. The highest BCUT2D eigenvalue weighted by Crippen LogP contribution is 2.26. The summed E-state index contributed by atoms with van der Waals surface area (Å²) in [5.74, 6) is 0.632. The SMILES string of the molecule is CCS(=O)(=O)Nc1ccc(C(=O)/C=C/c2cc(C)c(OCc3ccccn3)c(C)c2)cc1. The molecule has 32 heavy (non-hydrogen) atoms. The first kappa shape index (κ1) is 23.2. The minimum Gasteiger partial charge on any atom is -0.487 e. The minimum atomic E-state index is -3.35. The van der Waals surface area contributed by atoms with Crippen molar-refractivity contribution in [2.24, 2.45) is 0 Å². The Balaban J connectivity index is 1.67. The fourth-order valence-electron chi connectivity index (χ4n) is 3.16. The Morgan fingerprint density at radius 2 is 1.75 bits per heavy atom. The largest absolute Gasteiger partial charge is 0.487 e. The molecule has 0 aliphatic carbocycles. The summed E-state index contributed by atoms with van der Waals surface area (Å²) >= 11 is 0. The predicted octanol–water partition coefficient (Wildman–Crippen LogP) is 4.94. The lowest BCUT2D eigenvalue weighted by Gasteiger charge is -2.13. The molecule has 2 aromatic carbocycles. The van der Waals surface area contributed by atoms with Gasteiger partial charge in [0, 0.05) is 17.4 Å². The van der Waals surface area contributed by atoms with Gasteiger partial charge in [-0.05, 0) is 92.1 Å². The molecule has 0 amide bonds. The first-order chi connectivity index (χ1) is 15.3. The number of aromatic nitrogens is 1. The van der Waals surface area contributed by atoms with E-state index in [1.807, 2.05) is 44.2 Å². The first-order valence-electron chi connectivity index (χ1n) is 10.2. The van der Waals surface area contributed by atoms with Gasteiger partial charge in [0.05, 0.1) is 11.4 Å². The molecule has 0 spiro atoms.